The monoisotopic (exact) mass is 822 g/mol. The van der Waals surface area contributed by atoms with Gasteiger partial charge in [-0.25, -0.2) is 0 Å². The minimum atomic E-state index is -0.783. The van der Waals surface area contributed by atoms with Crippen molar-refractivity contribution in [1.82, 2.24) is 0 Å². The van der Waals surface area contributed by atoms with Crippen molar-refractivity contribution < 1.29 is 57.6 Å². The van der Waals surface area contributed by atoms with Crippen LogP contribution in [0.5, 0.6) is 0 Å². The summed E-state index contributed by atoms with van der Waals surface area (Å²) in [4.78, 5) is 0. The van der Waals surface area contributed by atoms with Gasteiger partial charge < -0.3 is 57.6 Å². The molecular formula is C44H67ClO12. The van der Waals surface area contributed by atoms with Crippen molar-refractivity contribution in [2.75, 3.05) is 6.61 Å². The third-order valence-corrected chi connectivity index (χ3v) is 15.3. The van der Waals surface area contributed by atoms with Gasteiger partial charge in [0.05, 0.1) is 73.8 Å². The number of alkyl halides is 1. The van der Waals surface area contributed by atoms with Crippen LogP contribution in [-0.4, -0.2) is 138 Å². The van der Waals surface area contributed by atoms with Crippen LogP contribution >= 0.6 is 11.6 Å². The summed E-state index contributed by atoms with van der Waals surface area (Å²) in [5, 5.41) is 22.5. The Kier molecular flexibility index (Phi) is 11.8. The molecule has 10 rings (SSSR count). The molecule has 0 aromatic rings. The molecule has 0 spiro atoms. The van der Waals surface area contributed by atoms with Crippen LogP contribution < -0.4 is 0 Å². The molecule has 0 aliphatic carbocycles. The average Bonchev–Trinajstić information content (AvgIpc) is 3.60. The highest BCUT2D eigenvalue weighted by Gasteiger charge is 2.68. The van der Waals surface area contributed by atoms with Gasteiger partial charge >= 0.3 is 0 Å². The molecule has 322 valence electrons. The number of hydrogen-bond acceptors (Lipinski definition) is 12. The number of rotatable bonds is 12. The normalized spacial score (nSPS) is 50.7. The van der Waals surface area contributed by atoms with Crippen molar-refractivity contribution in [3.63, 3.8) is 0 Å². The van der Waals surface area contributed by atoms with Crippen molar-refractivity contribution in [2.24, 2.45) is 11.8 Å². The van der Waals surface area contributed by atoms with E-state index in [0.717, 1.165) is 36.8 Å². The molecule has 10 aliphatic heterocycles. The minimum absolute atomic E-state index is 0.00604. The van der Waals surface area contributed by atoms with Gasteiger partial charge in [0, 0.05) is 37.0 Å². The first kappa shape index (κ1) is 41.6. The first-order chi connectivity index (χ1) is 27.2. The number of hydrogen-bond donors (Lipinski definition) is 2. The van der Waals surface area contributed by atoms with Gasteiger partial charge in [-0.15, -0.1) is 11.6 Å². The predicted molar refractivity (Wildman–Crippen MR) is 209 cm³/mol. The molecule has 0 aromatic heterocycles. The average molecular weight is 823 g/mol. The number of fused-ring (bicyclic) bond motifs is 3. The van der Waals surface area contributed by atoms with Crippen molar-refractivity contribution in [3.05, 3.63) is 24.3 Å². The molecule has 10 fully saturated rings. The van der Waals surface area contributed by atoms with E-state index >= 15 is 0 Å². The van der Waals surface area contributed by atoms with E-state index in [1.165, 1.54) is 0 Å². The van der Waals surface area contributed by atoms with Crippen molar-refractivity contribution in [3.8, 4) is 0 Å². The van der Waals surface area contributed by atoms with Crippen molar-refractivity contribution in [2.45, 2.75) is 232 Å². The van der Waals surface area contributed by atoms with Gasteiger partial charge in [0.15, 0.2) is 11.6 Å². The number of halogens is 1. The third kappa shape index (κ3) is 8.09. The summed E-state index contributed by atoms with van der Waals surface area (Å²) in [6.07, 6.45) is 5.03. The lowest BCUT2D eigenvalue weighted by atomic mass is 9.79. The summed E-state index contributed by atoms with van der Waals surface area (Å²) in [7, 11) is 0. The van der Waals surface area contributed by atoms with E-state index in [-0.39, 0.29) is 103 Å². The van der Waals surface area contributed by atoms with E-state index in [4.69, 9.17) is 59.0 Å². The molecule has 0 amide bonds. The highest BCUT2D eigenvalue weighted by Crippen LogP contribution is 2.54. The molecule has 57 heavy (non-hydrogen) atoms. The molecule has 10 saturated heterocycles. The maximum Gasteiger partial charge on any atom is 0.172 e. The van der Waals surface area contributed by atoms with Gasteiger partial charge in [0.1, 0.15) is 36.6 Å². The molecule has 0 radical (unpaired) electrons. The molecule has 21 atom stereocenters. The molecular weight excluding hydrogens is 756 g/mol. The summed E-state index contributed by atoms with van der Waals surface area (Å²) in [5.41, 5.74) is 1.74. The Morgan fingerprint density at radius 1 is 0.825 bits per heavy atom. The minimum Gasteiger partial charge on any atom is -0.390 e. The van der Waals surface area contributed by atoms with Crippen LogP contribution in [0.25, 0.3) is 0 Å². The van der Waals surface area contributed by atoms with Crippen LogP contribution in [-0.2, 0) is 47.4 Å². The van der Waals surface area contributed by atoms with E-state index in [2.05, 4.69) is 27.0 Å². The summed E-state index contributed by atoms with van der Waals surface area (Å²) in [6.45, 7) is 19.4. The Labute approximate surface area is 343 Å². The Balaban J connectivity index is 0.750. The van der Waals surface area contributed by atoms with Crippen LogP contribution in [0.3, 0.4) is 0 Å². The number of aliphatic hydroxyl groups is 2. The van der Waals surface area contributed by atoms with E-state index in [1.54, 1.807) is 0 Å². The highest BCUT2D eigenvalue weighted by molar-refractivity contribution is 6.20. The fourth-order valence-electron chi connectivity index (χ4n) is 11.5. The molecule has 0 aromatic carbocycles. The lowest BCUT2D eigenvalue weighted by molar-refractivity contribution is -0.355. The Morgan fingerprint density at radius 2 is 1.58 bits per heavy atom. The van der Waals surface area contributed by atoms with Crippen molar-refractivity contribution in [1.29, 1.82) is 0 Å². The first-order valence-electron chi connectivity index (χ1n) is 22.2. The number of ether oxygens (including phenoxy) is 10. The lowest BCUT2D eigenvalue weighted by Crippen LogP contribution is -2.63. The second-order valence-corrected chi connectivity index (χ2v) is 20.0. The SMILES string of the molecule is C=C1C(C[C@@H]2O[C@H]3C[C@H]4OC(C)(C)OC[C@H]4O[C@H]3[C@H](C)[C@H]2O)O[C@@H](CC[C@H](O)C(=C)CC(Cl)CC[C@@]23C[C@H]4O[C@H]5C(O2)[C@H]2O[C@@H](CC)CC[C@@H]2OC5[C@@H]4O3)C[C@H]1C. The standard InChI is InChI=1S/C44H67ClO12/c1-8-26-10-12-29-38(50-26)42-41-40(52-29)39-34(53-41)19-44(56-39,57-42)14-13-25(45)15-22(3)28(46)11-9-27-16-21(2)23(4)30(49-27)17-32-36(47)24(5)37-33(51-32)18-31-35(54-37)20-48-43(6,7)55-31/h21,24-42,46-47H,3-4,8-20H2,1-2,5-7H3/t21-,24-,25?,26+,27+,28+,29+,30?,31-,32+,33+,34-,35-,36-,37+,38+,39-,40?,41-,42?,44+/m1/s1. The second kappa shape index (κ2) is 16.2. The van der Waals surface area contributed by atoms with Gasteiger partial charge in [0.2, 0.25) is 0 Å². The summed E-state index contributed by atoms with van der Waals surface area (Å²) < 4.78 is 64.9. The van der Waals surface area contributed by atoms with Crippen LogP contribution in [0.4, 0.5) is 0 Å². The maximum atomic E-state index is 11.4. The van der Waals surface area contributed by atoms with Gasteiger partial charge in [-0.3, -0.25) is 0 Å². The van der Waals surface area contributed by atoms with E-state index in [0.29, 0.717) is 58.0 Å². The fourth-order valence-corrected chi connectivity index (χ4v) is 11.8. The maximum absolute atomic E-state index is 11.4. The molecule has 12 nitrogen and oxygen atoms in total. The third-order valence-electron chi connectivity index (χ3n) is 14.9. The zero-order chi connectivity index (χ0) is 40.0. The highest BCUT2D eigenvalue weighted by atomic mass is 35.5. The van der Waals surface area contributed by atoms with E-state index in [1.807, 2.05) is 20.8 Å². The molecule has 6 bridgehead atoms. The molecule has 4 unspecified atom stereocenters. The van der Waals surface area contributed by atoms with E-state index < -0.39 is 29.9 Å². The molecule has 10 heterocycles. The molecule has 10 aliphatic rings. The molecule has 2 N–H and O–H groups in total. The zero-order valence-electron chi connectivity index (χ0n) is 34.5. The summed E-state index contributed by atoms with van der Waals surface area (Å²) in [5.74, 6) is -1.34. The quantitative estimate of drug-likeness (QED) is 0.186. The number of aliphatic hydroxyl groups excluding tert-OH is 2. The van der Waals surface area contributed by atoms with Crippen LogP contribution in [0.2, 0.25) is 0 Å². The fraction of sp³-hybridized carbons (Fsp3) is 0.909. The van der Waals surface area contributed by atoms with Crippen LogP contribution in [0, 0.1) is 11.8 Å². The van der Waals surface area contributed by atoms with Crippen LogP contribution in [0.1, 0.15) is 112 Å². The lowest BCUT2D eigenvalue weighted by Gasteiger charge is -2.53. The van der Waals surface area contributed by atoms with Gasteiger partial charge in [-0.05, 0) is 82.3 Å². The van der Waals surface area contributed by atoms with Gasteiger partial charge in [0.25, 0.3) is 0 Å². The van der Waals surface area contributed by atoms with Gasteiger partial charge in [-0.2, -0.15) is 0 Å². The summed E-state index contributed by atoms with van der Waals surface area (Å²) >= 11 is 6.97. The molecule has 0 saturated carbocycles. The van der Waals surface area contributed by atoms with Crippen molar-refractivity contribution >= 4 is 11.6 Å². The van der Waals surface area contributed by atoms with Crippen LogP contribution in [0.15, 0.2) is 24.3 Å². The summed E-state index contributed by atoms with van der Waals surface area (Å²) in [6, 6.07) is 0. The predicted octanol–water partition coefficient (Wildman–Crippen LogP) is 5.65. The second-order valence-electron chi connectivity index (χ2n) is 19.4. The Morgan fingerprint density at radius 3 is 2.39 bits per heavy atom. The van der Waals surface area contributed by atoms with E-state index in [9.17, 15) is 10.2 Å². The van der Waals surface area contributed by atoms with Gasteiger partial charge in [-0.1, -0.05) is 33.9 Å². The topological polar surface area (TPSA) is 133 Å². The Hall–Kier alpha value is -0.710. The largest absolute Gasteiger partial charge is 0.390 e. The zero-order valence-corrected chi connectivity index (χ0v) is 35.3. The Bertz CT molecular complexity index is 1480. The molecule has 13 heteroatoms. The smallest absolute Gasteiger partial charge is 0.172 e. The first-order valence-corrected chi connectivity index (χ1v) is 22.6.